The second-order valence-corrected chi connectivity index (χ2v) is 6.58. The first-order valence-electron chi connectivity index (χ1n) is 8.50. The maximum atomic E-state index is 13.5. The highest BCUT2D eigenvalue weighted by Gasteiger charge is 2.09. The minimum atomic E-state index is -0.653. The van der Waals surface area contributed by atoms with E-state index < -0.39 is 6.10 Å². The number of pyridine rings is 1. The Hall–Kier alpha value is -1.39. The monoisotopic (exact) mass is 504 g/mol. The molecule has 2 rings (SSSR count). The van der Waals surface area contributed by atoms with Crippen molar-refractivity contribution in [3.63, 3.8) is 0 Å². The second-order valence-electron chi connectivity index (χ2n) is 5.72. The predicted octanol–water partition coefficient (Wildman–Crippen LogP) is 3.49. The first-order chi connectivity index (χ1) is 12.6. The van der Waals surface area contributed by atoms with Gasteiger partial charge in [-0.25, -0.2) is 9.38 Å². The molecule has 3 N–H and O–H groups in total. The van der Waals surface area contributed by atoms with E-state index in [9.17, 15) is 9.50 Å². The van der Waals surface area contributed by atoms with E-state index in [2.05, 4.69) is 20.6 Å². The Kier molecular flexibility index (Phi) is 11.3. The molecule has 0 radical (unpaired) electrons. The Morgan fingerprint density at radius 2 is 1.96 bits per heavy atom. The zero-order valence-corrected chi connectivity index (χ0v) is 18.6. The van der Waals surface area contributed by atoms with Crippen molar-refractivity contribution in [1.29, 1.82) is 0 Å². The zero-order chi connectivity index (χ0) is 18.8. The van der Waals surface area contributed by atoms with E-state index in [1.165, 1.54) is 6.07 Å². The highest BCUT2D eigenvalue weighted by atomic mass is 127. The Labute approximate surface area is 181 Å². The molecule has 0 fully saturated rings. The normalized spacial score (nSPS) is 12.2. The lowest BCUT2D eigenvalue weighted by Gasteiger charge is -2.16. The third-order valence-corrected chi connectivity index (χ3v) is 4.37. The topological polar surface area (TPSA) is 69.5 Å². The second kappa shape index (κ2) is 12.9. The van der Waals surface area contributed by atoms with Gasteiger partial charge < -0.3 is 15.7 Å². The molecule has 8 heteroatoms. The van der Waals surface area contributed by atoms with Gasteiger partial charge in [0.2, 0.25) is 0 Å². The summed E-state index contributed by atoms with van der Waals surface area (Å²) in [6.45, 7) is 3.46. The SMILES string of the molecule is CCNC(=NCc1ccc(F)cc1CSC)NCC(O)c1ccncc1.I. The number of nitrogens with zero attached hydrogens (tertiary/aromatic N) is 2. The van der Waals surface area contributed by atoms with E-state index >= 15 is 0 Å². The Balaban J connectivity index is 0.00000364. The fraction of sp³-hybridized carbons (Fsp3) is 0.368. The van der Waals surface area contributed by atoms with Crippen molar-refractivity contribution >= 4 is 41.7 Å². The van der Waals surface area contributed by atoms with Crippen LogP contribution in [0.2, 0.25) is 0 Å². The molecule has 0 amide bonds. The van der Waals surface area contributed by atoms with Crippen LogP contribution in [0.15, 0.2) is 47.7 Å². The first-order valence-corrected chi connectivity index (χ1v) is 9.89. The van der Waals surface area contributed by atoms with E-state index in [4.69, 9.17) is 0 Å². The standard InChI is InChI=1S/C19H25FN4OS.HI/c1-3-22-19(24-12-18(25)14-6-8-21-9-7-14)23-11-15-4-5-17(20)10-16(15)13-26-2;/h4-10,18,25H,3,11-13H2,1-2H3,(H2,22,23,24);1H. The number of benzene rings is 1. The summed E-state index contributed by atoms with van der Waals surface area (Å²) in [5.74, 6) is 1.13. The van der Waals surface area contributed by atoms with Crippen LogP contribution in [0.1, 0.15) is 29.7 Å². The van der Waals surface area contributed by atoms with Gasteiger partial charge in [-0.15, -0.1) is 24.0 Å². The number of thioether (sulfide) groups is 1. The minimum Gasteiger partial charge on any atom is -0.387 e. The van der Waals surface area contributed by atoms with Crippen molar-refractivity contribution in [2.24, 2.45) is 4.99 Å². The van der Waals surface area contributed by atoms with Gasteiger partial charge in [-0.3, -0.25) is 4.98 Å². The van der Waals surface area contributed by atoms with Gasteiger partial charge in [-0.2, -0.15) is 11.8 Å². The predicted molar refractivity (Wildman–Crippen MR) is 121 cm³/mol. The van der Waals surface area contributed by atoms with Crippen LogP contribution in [0.25, 0.3) is 0 Å². The van der Waals surface area contributed by atoms with Crippen LogP contribution in [0, 0.1) is 5.82 Å². The Bertz CT molecular complexity index is 718. The molecule has 1 heterocycles. The summed E-state index contributed by atoms with van der Waals surface area (Å²) in [5.41, 5.74) is 2.74. The lowest BCUT2D eigenvalue weighted by Crippen LogP contribution is -2.39. The molecule has 5 nitrogen and oxygen atoms in total. The van der Waals surface area contributed by atoms with Crippen LogP contribution < -0.4 is 10.6 Å². The summed E-state index contributed by atoms with van der Waals surface area (Å²) in [5, 5.41) is 16.5. The van der Waals surface area contributed by atoms with Gasteiger partial charge in [0.15, 0.2) is 5.96 Å². The molecular formula is C19H26FIN4OS. The fourth-order valence-electron chi connectivity index (χ4n) is 2.44. The van der Waals surface area contributed by atoms with Gasteiger partial charge in [0.1, 0.15) is 5.82 Å². The molecule has 0 spiro atoms. The molecular weight excluding hydrogens is 478 g/mol. The molecule has 1 unspecified atom stereocenters. The van der Waals surface area contributed by atoms with Crippen molar-refractivity contribution in [3.05, 3.63) is 65.2 Å². The molecule has 0 saturated carbocycles. The molecule has 0 aliphatic carbocycles. The number of aliphatic hydroxyl groups excluding tert-OH is 1. The van der Waals surface area contributed by atoms with Gasteiger partial charge in [0.05, 0.1) is 12.6 Å². The molecule has 2 aromatic rings. The molecule has 0 aliphatic rings. The van der Waals surface area contributed by atoms with Crippen LogP contribution in [0.5, 0.6) is 0 Å². The van der Waals surface area contributed by atoms with Crippen LogP contribution >= 0.6 is 35.7 Å². The average molecular weight is 504 g/mol. The molecule has 1 aromatic heterocycles. The van der Waals surface area contributed by atoms with Crippen LogP contribution in [0.4, 0.5) is 4.39 Å². The van der Waals surface area contributed by atoms with Crippen LogP contribution in [0.3, 0.4) is 0 Å². The van der Waals surface area contributed by atoms with E-state index in [1.807, 2.05) is 13.2 Å². The van der Waals surface area contributed by atoms with Crippen molar-refractivity contribution in [3.8, 4) is 0 Å². The summed E-state index contributed by atoms with van der Waals surface area (Å²) < 4.78 is 13.5. The summed E-state index contributed by atoms with van der Waals surface area (Å²) in [7, 11) is 0. The number of aliphatic hydroxyl groups is 1. The van der Waals surface area contributed by atoms with E-state index in [0.717, 1.165) is 22.4 Å². The maximum Gasteiger partial charge on any atom is 0.191 e. The minimum absolute atomic E-state index is 0. The molecule has 148 valence electrons. The maximum absolute atomic E-state index is 13.5. The van der Waals surface area contributed by atoms with E-state index in [1.54, 1.807) is 48.4 Å². The van der Waals surface area contributed by atoms with Crippen LogP contribution in [-0.2, 0) is 12.3 Å². The Morgan fingerprint density at radius 3 is 2.63 bits per heavy atom. The number of hydrogen-bond donors (Lipinski definition) is 3. The van der Waals surface area contributed by atoms with Gasteiger partial charge in [0.25, 0.3) is 0 Å². The molecule has 1 aromatic carbocycles. The largest absolute Gasteiger partial charge is 0.387 e. The van der Waals surface area contributed by atoms with E-state index in [0.29, 0.717) is 25.6 Å². The number of hydrogen-bond acceptors (Lipinski definition) is 4. The number of halogens is 2. The lowest BCUT2D eigenvalue weighted by atomic mass is 10.1. The fourth-order valence-corrected chi connectivity index (χ4v) is 3.02. The number of nitrogens with one attached hydrogen (secondary N) is 2. The van der Waals surface area contributed by atoms with Crippen molar-refractivity contribution < 1.29 is 9.50 Å². The first kappa shape index (κ1) is 23.6. The summed E-state index contributed by atoms with van der Waals surface area (Å²) in [4.78, 5) is 8.51. The molecule has 0 bridgehead atoms. The third-order valence-electron chi connectivity index (χ3n) is 3.77. The summed E-state index contributed by atoms with van der Waals surface area (Å²) in [6.07, 6.45) is 4.64. The number of guanidine groups is 1. The Morgan fingerprint density at radius 1 is 1.22 bits per heavy atom. The van der Waals surface area contributed by atoms with Crippen molar-refractivity contribution in [2.45, 2.75) is 25.3 Å². The summed E-state index contributed by atoms with van der Waals surface area (Å²) in [6, 6.07) is 8.37. The highest BCUT2D eigenvalue weighted by Crippen LogP contribution is 2.17. The van der Waals surface area contributed by atoms with Crippen molar-refractivity contribution in [2.75, 3.05) is 19.3 Å². The third kappa shape index (κ3) is 8.02. The number of aliphatic imine (C=N–C) groups is 1. The molecule has 0 saturated heterocycles. The number of aromatic nitrogens is 1. The lowest BCUT2D eigenvalue weighted by molar-refractivity contribution is 0.180. The molecule has 1 atom stereocenters. The van der Waals surface area contributed by atoms with E-state index in [-0.39, 0.29) is 29.8 Å². The van der Waals surface area contributed by atoms with Crippen LogP contribution in [-0.4, -0.2) is 35.4 Å². The molecule has 0 aliphatic heterocycles. The smallest absolute Gasteiger partial charge is 0.191 e. The quantitative estimate of drug-likeness (QED) is 0.292. The van der Waals surface area contributed by atoms with Gasteiger partial charge >= 0.3 is 0 Å². The number of rotatable bonds is 8. The molecule has 27 heavy (non-hydrogen) atoms. The highest BCUT2D eigenvalue weighted by molar-refractivity contribution is 14.0. The van der Waals surface area contributed by atoms with Crippen molar-refractivity contribution in [1.82, 2.24) is 15.6 Å². The average Bonchev–Trinajstić information content (AvgIpc) is 2.66. The van der Waals surface area contributed by atoms with Gasteiger partial charge in [-0.1, -0.05) is 6.07 Å². The van der Waals surface area contributed by atoms with Gasteiger partial charge in [-0.05, 0) is 54.1 Å². The zero-order valence-electron chi connectivity index (χ0n) is 15.5. The van der Waals surface area contributed by atoms with Gasteiger partial charge in [0, 0.05) is 31.2 Å². The summed E-state index contributed by atoms with van der Waals surface area (Å²) >= 11 is 1.65.